The lowest BCUT2D eigenvalue weighted by atomic mass is 10.0. The minimum Gasteiger partial charge on any atom is -0.347 e. The highest BCUT2D eigenvalue weighted by Gasteiger charge is 2.27. The van der Waals surface area contributed by atoms with E-state index in [0.717, 1.165) is 5.69 Å². The first-order chi connectivity index (χ1) is 4.86. The van der Waals surface area contributed by atoms with Crippen molar-refractivity contribution in [3.8, 4) is 0 Å². The number of nitrogens with zero attached hydrogens (tertiary/aromatic N) is 1. The maximum absolute atomic E-state index is 10.5. The van der Waals surface area contributed by atoms with E-state index in [0.29, 0.717) is 6.42 Å². The average molecular weight is 154 g/mol. The molecule has 1 saturated heterocycles. The molecular formula is C6H6N2OS. The Balaban J connectivity index is 2.10. The molecule has 1 aromatic heterocycles. The van der Waals surface area contributed by atoms with Crippen LogP contribution in [0.4, 0.5) is 0 Å². The number of nitrogens with one attached hydrogen (secondary N) is 1. The molecular weight excluding hydrogens is 148 g/mol. The van der Waals surface area contributed by atoms with Crippen LogP contribution in [0.15, 0.2) is 10.9 Å². The van der Waals surface area contributed by atoms with Gasteiger partial charge in [0.15, 0.2) is 0 Å². The molecule has 2 rings (SSSR count). The first kappa shape index (κ1) is 5.85. The molecule has 10 heavy (non-hydrogen) atoms. The van der Waals surface area contributed by atoms with Crippen molar-refractivity contribution in [3.05, 3.63) is 16.6 Å². The Bertz CT molecular complexity index is 236. The van der Waals surface area contributed by atoms with Crippen LogP contribution in [0.2, 0.25) is 0 Å². The zero-order chi connectivity index (χ0) is 6.97. The van der Waals surface area contributed by atoms with Gasteiger partial charge in [-0.05, 0) is 0 Å². The molecule has 52 valence electrons. The van der Waals surface area contributed by atoms with Gasteiger partial charge in [-0.3, -0.25) is 4.79 Å². The molecule has 2 heterocycles. The number of hydrogen-bond acceptors (Lipinski definition) is 3. The highest BCUT2D eigenvalue weighted by molar-refractivity contribution is 7.07. The maximum atomic E-state index is 10.5. The molecule has 1 N–H and O–H groups in total. The highest BCUT2D eigenvalue weighted by Crippen LogP contribution is 2.22. The third kappa shape index (κ3) is 0.806. The fraction of sp³-hybridized carbons (Fsp3) is 0.333. The fourth-order valence-corrected chi connectivity index (χ4v) is 1.54. The molecule has 1 fully saturated rings. The first-order valence-electron chi connectivity index (χ1n) is 3.04. The minimum absolute atomic E-state index is 0.123. The molecule has 1 unspecified atom stereocenters. The van der Waals surface area contributed by atoms with Crippen LogP contribution < -0.4 is 5.32 Å². The molecule has 0 radical (unpaired) electrons. The van der Waals surface area contributed by atoms with Crippen molar-refractivity contribution in [1.29, 1.82) is 0 Å². The van der Waals surface area contributed by atoms with E-state index in [2.05, 4.69) is 10.3 Å². The van der Waals surface area contributed by atoms with Crippen LogP contribution in [0.5, 0.6) is 0 Å². The van der Waals surface area contributed by atoms with Gasteiger partial charge in [-0.15, -0.1) is 11.3 Å². The van der Waals surface area contributed by atoms with Crippen molar-refractivity contribution >= 4 is 17.2 Å². The van der Waals surface area contributed by atoms with Crippen molar-refractivity contribution in [2.24, 2.45) is 0 Å². The minimum atomic E-state index is 0.123. The SMILES string of the molecule is O=C1CC(c2cscn2)N1. The zero-order valence-corrected chi connectivity index (χ0v) is 6.02. The maximum Gasteiger partial charge on any atom is 0.223 e. The predicted molar refractivity (Wildman–Crippen MR) is 37.6 cm³/mol. The van der Waals surface area contributed by atoms with Crippen molar-refractivity contribution in [1.82, 2.24) is 10.3 Å². The number of aromatic nitrogens is 1. The van der Waals surface area contributed by atoms with Gasteiger partial charge in [0.1, 0.15) is 0 Å². The van der Waals surface area contributed by atoms with Gasteiger partial charge in [0.25, 0.3) is 0 Å². The zero-order valence-electron chi connectivity index (χ0n) is 5.20. The molecule has 1 amide bonds. The van der Waals surface area contributed by atoms with Gasteiger partial charge in [0.2, 0.25) is 5.91 Å². The van der Waals surface area contributed by atoms with E-state index < -0.39 is 0 Å². The van der Waals surface area contributed by atoms with Gasteiger partial charge in [0, 0.05) is 5.38 Å². The molecule has 1 aromatic rings. The summed E-state index contributed by atoms with van der Waals surface area (Å²) in [7, 11) is 0. The van der Waals surface area contributed by atoms with Crippen LogP contribution >= 0.6 is 11.3 Å². The Morgan fingerprint density at radius 3 is 3.10 bits per heavy atom. The van der Waals surface area contributed by atoms with Gasteiger partial charge in [0.05, 0.1) is 23.7 Å². The van der Waals surface area contributed by atoms with E-state index in [4.69, 9.17) is 0 Å². The molecule has 1 aliphatic rings. The second-order valence-electron chi connectivity index (χ2n) is 2.24. The molecule has 0 spiro atoms. The number of carbonyl (C=O) groups is 1. The van der Waals surface area contributed by atoms with Crippen LogP contribution in [-0.2, 0) is 4.79 Å². The molecule has 1 atom stereocenters. The van der Waals surface area contributed by atoms with Gasteiger partial charge in [-0.2, -0.15) is 0 Å². The monoisotopic (exact) mass is 154 g/mol. The third-order valence-corrected chi connectivity index (χ3v) is 2.14. The quantitative estimate of drug-likeness (QED) is 0.605. The number of β-lactam (4-membered cyclic amide) rings is 1. The van der Waals surface area contributed by atoms with Crippen molar-refractivity contribution in [3.63, 3.8) is 0 Å². The van der Waals surface area contributed by atoms with E-state index in [1.165, 1.54) is 0 Å². The largest absolute Gasteiger partial charge is 0.347 e. The summed E-state index contributed by atoms with van der Waals surface area (Å²) >= 11 is 1.56. The van der Waals surface area contributed by atoms with Gasteiger partial charge in [-0.25, -0.2) is 4.98 Å². The molecule has 0 aliphatic carbocycles. The third-order valence-electron chi connectivity index (χ3n) is 1.53. The van der Waals surface area contributed by atoms with E-state index in [1.807, 2.05) is 5.38 Å². The lowest BCUT2D eigenvalue weighted by Gasteiger charge is -2.24. The number of hydrogen-bond donors (Lipinski definition) is 1. The summed E-state index contributed by atoms with van der Waals surface area (Å²) in [6, 6.07) is 0.193. The Kier molecular flexibility index (Phi) is 1.20. The summed E-state index contributed by atoms with van der Waals surface area (Å²) in [5.74, 6) is 0.123. The molecule has 0 aromatic carbocycles. The van der Waals surface area contributed by atoms with Crippen LogP contribution in [0.25, 0.3) is 0 Å². The number of amides is 1. The van der Waals surface area contributed by atoms with Crippen LogP contribution in [0, 0.1) is 0 Å². The van der Waals surface area contributed by atoms with Crippen molar-refractivity contribution in [2.45, 2.75) is 12.5 Å². The van der Waals surface area contributed by atoms with Gasteiger partial charge in [-0.1, -0.05) is 0 Å². The summed E-state index contributed by atoms with van der Waals surface area (Å²) < 4.78 is 0. The van der Waals surface area contributed by atoms with Gasteiger partial charge < -0.3 is 5.32 Å². The second-order valence-corrected chi connectivity index (χ2v) is 2.96. The Labute approximate surface area is 62.1 Å². The fourth-order valence-electron chi connectivity index (χ4n) is 0.931. The Morgan fingerprint density at radius 1 is 1.80 bits per heavy atom. The smallest absolute Gasteiger partial charge is 0.223 e. The second kappa shape index (κ2) is 2.05. The van der Waals surface area contributed by atoms with E-state index in [9.17, 15) is 4.79 Å². The summed E-state index contributed by atoms with van der Waals surface area (Å²) in [4.78, 5) is 14.5. The topological polar surface area (TPSA) is 42.0 Å². The van der Waals surface area contributed by atoms with E-state index >= 15 is 0 Å². The molecule has 3 nitrogen and oxygen atoms in total. The van der Waals surface area contributed by atoms with Crippen LogP contribution in [0.3, 0.4) is 0 Å². The summed E-state index contributed by atoms with van der Waals surface area (Å²) in [5.41, 5.74) is 2.77. The number of carbonyl (C=O) groups excluding carboxylic acids is 1. The lowest BCUT2D eigenvalue weighted by molar-refractivity contribution is -0.128. The average Bonchev–Trinajstić information content (AvgIpc) is 2.31. The number of rotatable bonds is 1. The first-order valence-corrected chi connectivity index (χ1v) is 3.98. The van der Waals surface area contributed by atoms with Crippen LogP contribution in [0.1, 0.15) is 18.2 Å². The highest BCUT2D eigenvalue weighted by atomic mass is 32.1. The molecule has 1 aliphatic heterocycles. The standard InChI is InChI=1S/C6H6N2OS/c9-6-1-4(8-6)5-2-10-3-7-5/h2-4H,1H2,(H,8,9). The lowest BCUT2D eigenvalue weighted by Crippen LogP contribution is -2.41. The molecule has 0 bridgehead atoms. The van der Waals surface area contributed by atoms with Crippen molar-refractivity contribution < 1.29 is 4.79 Å². The predicted octanol–water partition coefficient (Wildman–Crippen LogP) is 0.704. The normalized spacial score (nSPS) is 23.6. The Hall–Kier alpha value is -0.900. The summed E-state index contributed by atoms with van der Waals surface area (Å²) in [5, 5.41) is 4.71. The molecule has 4 heteroatoms. The van der Waals surface area contributed by atoms with E-state index in [1.54, 1.807) is 16.8 Å². The molecule has 0 saturated carbocycles. The Morgan fingerprint density at radius 2 is 2.60 bits per heavy atom. The number of thiazole rings is 1. The van der Waals surface area contributed by atoms with Crippen molar-refractivity contribution in [2.75, 3.05) is 0 Å². The van der Waals surface area contributed by atoms with E-state index in [-0.39, 0.29) is 11.9 Å². The van der Waals surface area contributed by atoms with Gasteiger partial charge >= 0.3 is 0 Å². The summed E-state index contributed by atoms with van der Waals surface area (Å²) in [6.07, 6.45) is 0.601. The summed E-state index contributed by atoms with van der Waals surface area (Å²) in [6.45, 7) is 0. The van der Waals surface area contributed by atoms with Crippen LogP contribution in [-0.4, -0.2) is 10.9 Å².